The number of nitrogens with zero attached hydrogens (tertiary/aromatic N) is 2. The molecule has 1 aliphatic rings. The van der Waals surface area contributed by atoms with Crippen LogP contribution in [0, 0.1) is 0 Å². The summed E-state index contributed by atoms with van der Waals surface area (Å²) in [5.74, 6) is 0.964. The van der Waals surface area contributed by atoms with Gasteiger partial charge in [0.05, 0.1) is 24.9 Å². The third-order valence-corrected chi connectivity index (χ3v) is 5.12. The summed E-state index contributed by atoms with van der Waals surface area (Å²) < 4.78 is 49.4. The fourth-order valence-electron chi connectivity index (χ4n) is 3.58. The van der Waals surface area contributed by atoms with E-state index in [0.29, 0.717) is 6.54 Å². The minimum absolute atomic E-state index is 0.159. The second kappa shape index (κ2) is 8.26. The molecule has 4 rings (SSSR count). The molecule has 0 amide bonds. The largest absolute Gasteiger partial charge is 0.495 e. The number of ether oxygens (including phenoxy) is 2. The Balaban J connectivity index is 1.45. The molecule has 1 saturated heterocycles. The van der Waals surface area contributed by atoms with Crippen LogP contribution in [-0.2, 0) is 6.18 Å². The van der Waals surface area contributed by atoms with Gasteiger partial charge in [-0.1, -0.05) is 36.4 Å². The van der Waals surface area contributed by atoms with Crippen molar-refractivity contribution >= 4 is 5.69 Å². The van der Waals surface area contributed by atoms with Crippen LogP contribution in [0.1, 0.15) is 12.0 Å². The average Bonchev–Trinajstić information content (AvgIpc) is 3.22. The van der Waals surface area contributed by atoms with Crippen molar-refractivity contribution in [2.45, 2.75) is 18.7 Å². The van der Waals surface area contributed by atoms with Gasteiger partial charge in [-0.05, 0) is 29.3 Å². The van der Waals surface area contributed by atoms with E-state index in [1.54, 1.807) is 7.11 Å². The van der Waals surface area contributed by atoms with Gasteiger partial charge in [0, 0.05) is 25.2 Å². The molecule has 4 nitrogen and oxygen atoms in total. The molecule has 0 bridgehead atoms. The van der Waals surface area contributed by atoms with Crippen LogP contribution < -0.4 is 14.4 Å². The van der Waals surface area contributed by atoms with Crippen LogP contribution in [0.15, 0.2) is 66.9 Å². The van der Waals surface area contributed by atoms with Crippen molar-refractivity contribution in [3.63, 3.8) is 0 Å². The second-order valence-corrected chi connectivity index (χ2v) is 7.11. The zero-order valence-corrected chi connectivity index (χ0v) is 16.4. The number of pyridine rings is 1. The highest BCUT2D eigenvalue weighted by Gasteiger charge is 2.31. The van der Waals surface area contributed by atoms with Gasteiger partial charge in [-0.3, -0.25) is 0 Å². The number of anilines is 1. The van der Waals surface area contributed by atoms with Gasteiger partial charge in [-0.2, -0.15) is 13.2 Å². The number of methoxy groups -OCH3 is 1. The molecule has 1 aliphatic heterocycles. The number of rotatable bonds is 5. The molecular formula is C23H21F3N2O2. The van der Waals surface area contributed by atoms with Gasteiger partial charge in [-0.25, -0.2) is 4.98 Å². The SMILES string of the molecule is COc1cc(-c2ccccc2)ccc1N1CCC(Oc2ccc(C(F)(F)F)cn2)C1. The van der Waals surface area contributed by atoms with E-state index >= 15 is 0 Å². The van der Waals surface area contributed by atoms with Crippen molar-refractivity contribution in [2.24, 2.45) is 0 Å². The van der Waals surface area contributed by atoms with E-state index in [9.17, 15) is 13.2 Å². The molecule has 1 atom stereocenters. The predicted molar refractivity (Wildman–Crippen MR) is 109 cm³/mol. The van der Waals surface area contributed by atoms with E-state index in [0.717, 1.165) is 47.8 Å². The van der Waals surface area contributed by atoms with E-state index < -0.39 is 11.7 Å². The van der Waals surface area contributed by atoms with Crippen LogP contribution in [0.5, 0.6) is 11.6 Å². The maximum atomic E-state index is 12.7. The number of aromatic nitrogens is 1. The monoisotopic (exact) mass is 414 g/mol. The molecule has 1 unspecified atom stereocenters. The van der Waals surface area contributed by atoms with Crippen LogP contribution in [-0.4, -0.2) is 31.3 Å². The van der Waals surface area contributed by atoms with Crippen LogP contribution in [0.2, 0.25) is 0 Å². The van der Waals surface area contributed by atoms with Gasteiger partial charge in [0.25, 0.3) is 0 Å². The Morgan fingerprint density at radius 1 is 1.00 bits per heavy atom. The molecule has 1 aromatic heterocycles. The van der Waals surface area contributed by atoms with Gasteiger partial charge in [0.2, 0.25) is 5.88 Å². The van der Waals surface area contributed by atoms with Crippen LogP contribution in [0.25, 0.3) is 11.1 Å². The predicted octanol–water partition coefficient (Wildman–Crippen LogP) is 5.43. The number of benzene rings is 2. The standard InChI is InChI=1S/C23H21F3N2O2/c1-29-21-13-17(16-5-3-2-4-6-16)7-9-20(21)28-12-11-19(15-28)30-22-10-8-18(14-27-22)23(24,25)26/h2-10,13-14,19H,11-12,15H2,1H3. The van der Waals surface area contributed by atoms with Crippen molar-refractivity contribution in [2.75, 3.05) is 25.1 Å². The smallest absolute Gasteiger partial charge is 0.417 e. The molecule has 7 heteroatoms. The number of hydrogen-bond acceptors (Lipinski definition) is 4. The lowest BCUT2D eigenvalue weighted by Crippen LogP contribution is -2.25. The summed E-state index contributed by atoms with van der Waals surface area (Å²) in [6.45, 7) is 1.36. The highest BCUT2D eigenvalue weighted by molar-refractivity contribution is 5.71. The fraction of sp³-hybridized carbons (Fsp3) is 0.261. The molecule has 2 aromatic carbocycles. The molecule has 2 heterocycles. The van der Waals surface area contributed by atoms with Gasteiger partial charge < -0.3 is 14.4 Å². The van der Waals surface area contributed by atoms with Crippen molar-refractivity contribution in [3.05, 3.63) is 72.4 Å². The summed E-state index contributed by atoms with van der Waals surface area (Å²) in [6, 6.07) is 18.4. The first kappa shape index (κ1) is 20.1. The Hall–Kier alpha value is -3.22. The molecule has 30 heavy (non-hydrogen) atoms. The van der Waals surface area contributed by atoms with E-state index in [1.165, 1.54) is 6.07 Å². The summed E-state index contributed by atoms with van der Waals surface area (Å²) in [6.07, 6.45) is -3.02. The highest BCUT2D eigenvalue weighted by Crippen LogP contribution is 2.35. The molecule has 0 radical (unpaired) electrons. The molecular weight excluding hydrogens is 393 g/mol. The molecule has 0 N–H and O–H groups in total. The highest BCUT2D eigenvalue weighted by atomic mass is 19.4. The Bertz CT molecular complexity index is 992. The maximum Gasteiger partial charge on any atom is 0.417 e. The van der Waals surface area contributed by atoms with E-state index in [1.807, 2.05) is 42.5 Å². The molecule has 0 aliphatic carbocycles. The summed E-state index contributed by atoms with van der Waals surface area (Å²) in [4.78, 5) is 5.96. The van der Waals surface area contributed by atoms with Gasteiger partial charge >= 0.3 is 6.18 Å². The Morgan fingerprint density at radius 2 is 1.80 bits per heavy atom. The van der Waals surface area contributed by atoms with E-state index in [-0.39, 0.29) is 12.0 Å². The lowest BCUT2D eigenvalue weighted by Gasteiger charge is -2.22. The number of alkyl halides is 3. The van der Waals surface area contributed by atoms with Crippen molar-refractivity contribution in [1.29, 1.82) is 0 Å². The lowest BCUT2D eigenvalue weighted by atomic mass is 10.0. The summed E-state index contributed by atoms with van der Waals surface area (Å²) in [5, 5.41) is 0. The zero-order chi connectivity index (χ0) is 21.1. The molecule has 3 aromatic rings. The quantitative estimate of drug-likeness (QED) is 0.557. The third kappa shape index (κ3) is 4.35. The van der Waals surface area contributed by atoms with E-state index in [2.05, 4.69) is 16.0 Å². The number of halogens is 3. The minimum Gasteiger partial charge on any atom is -0.495 e. The van der Waals surface area contributed by atoms with Crippen LogP contribution in [0.3, 0.4) is 0 Å². The van der Waals surface area contributed by atoms with Crippen LogP contribution in [0.4, 0.5) is 18.9 Å². The third-order valence-electron chi connectivity index (χ3n) is 5.12. The fourth-order valence-corrected chi connectivity index (χ4v) is 3.58. The van der Waals surface area contributed by atoms with Crippen LogP contribution >= 0.6 is 0 Å². The Labute approximate surface area is 172 Å². The second-order valence-electron chi connectivity index (χ2n) is 7.11. The van der Waals surface area contributed by atoms with Gasteiger partial charge in [0.1, 0.15) is 11.9 Å². The van der Waals surface area contributed by atoms with Crippen molar-refractivity contribution in [1.82, 2.24) is 4.98 Å². The Kier molecular flexibility index (Phi) is 5.53. The van der Waals surface area contributed by atoms with Gasteiger partial charge in [0.15, 0.2) is 0 Å². The Morgan fingerprint density at radius 3 is 2.47 bits per heavy atom. The summed E-state index contributed by atoms with van der Waals surface area (Å²) >= 11 is 0. The first-order valence-electron chi connectivity index (χ1n) is 9.62. The van der Waals surface area contributed by atoms with E-state index in [4.69, 9.17) is 9.47 Å². The summed E-state index contributed by atoms with van der Waals surface area (Å²) in [7, 11) is 1.64. The van der Waals surface area contributed by atoms with Crippen molar-refractivity contribution < 1.29 is 22.6 Å². The zero-order valence-electron chi connectivity index (χ0n) is 16.4. The topological polar surface area (TPSA) is 34.6 Å². The average molecular weight is 414 g/mol. The van der Waals surface area contributed by atoms with Gasteiger partial charge in [-0.15, -0.1) is 0 Å². The minimum atomic E-state index is -4.40. The lowest BCUT2D eigenvalue weighted by molar-refractivity contribution is -0.137. The van der Waals surface area contributed by atoms with Crippen molar-refractivity contribution in [3.8, 4) is 22.8 Å². The normalized spacial score (nSPS) is 16.5. The molecule has 1 fully saturated rings. The number of hydrogen-bond donors (Lipinski definition) is 0. The first-order chi connectivity index (χ1) is 14.4. The maximum absolute atomic E-state index is 12.7. The molecule has 0 saturated carbocycles. The molecule has 156 valence electrons. The molecule has 0 spiro atoms. The first-order valence-corrected chi connectivity index (χ1v) is 9.62. The summed E-state index contributed by atoms with van der Waals surface area (Å²) in [5.41, 5.74) is 2.35.